The highest BCUT2D eigenvalue weighted by molar-refractivity contribution is 6.11. The molecule has 2 aromatic rings. The summed E-state index contributed by atoms with van der Waals surface area (Å²) in [5.74, 6) is 0.373. The Kier molecular flexibility index (Phi) is 5.59. The van der Waals surface area contributed by atoms with Gasteiger partial charge < -0.3 is 24.1 Å². The van der Waals surface area contributed by atoms with Crippen molar-refractivity contribution in [1.29, 1.82) is 0 Å². The van der Waals surface area contributed by atoms with Gasteiger partial charge in [0.15, 0.2) is 17.3 Å². The molecular formula is C25H29N3O6. The van der Waals surface area contributed by atoms with Gasteiger partial charge in [-0.15, -0.1) is 0 Å². The Hall–Kier alpha value is -3.33. The van der Waals surface area contributed by atoms with Crippen molar-refractivity contribution in [1.82, 2.24) is 14.8 Å². The lowest BCUT2D eigenvalue weighted by molar-refractivity contribution is -0.130. The second-order valence-corrected chi connectivity index (χ2v) is 9.26. The number of fused-ring (bicyclic) bond motifs is 1. The molecule has 34 heavy (non-hydrogen) atoms. The van der Waals surface area contributed by atoms with Crippen molar-refractivity contribution in [3.05, 3.63) is 46.8 Å². The lowest BCUT2D eigenvalue weighted by atomic mass is 9.91. The van der Waals surface area contributed by atoms with E-state index < -0.39 is 17.5 Å². The van der Waals surface area contributed by atoms with E-state index in [1.807, 2.05) is 19.9 Å². The molecule has 0 unspecified atom stereocenters. The van der Waals surface area contributed by atoms with Gasteiger partial charge in [-0.3, -0.25) is 14.5 Å². The maximum atomic E-state index is 13.4. The number of imide groups is 1. The molecule has 0 radical (unpaired) electrons. The van der Waals surface area contributed by atoms with E-state index in [4.69, 9.17) is 14.2 Å². The topological polar surface area (TPSA) is 99.1 Å². The summed E-state index contributed by atoms with van der Waals surface area (Å²) < 4.78 is 19.0. The number of urea groups is 1. The highest BCUT2D eigenvalue weighted by Crippen LogP contribution is 2.37. The molecule has 2 atom stereocenters. The minimum absolute atomic E-state index is 0.144. The van der Waals surface area contributed by atoms with Crippen LogP contribution in [0, 0.1) is 13.8 Å². The Morgan fingerprint density at radius 1 is 1.12 bits per heavy atom. The van der Waals surface area contributed by atoms with E-state index in [0.29, 0.717) is 42.4 Å². The Balaban J connectivity index is 1.35. The van der Waals surface area contributed by atoms with Crippen LogP contribution in [0.4, 0.5) is 4.79 Å². The number of carbonyl (C=O) groups is 3. The van der Waals surface area contributed by atoms with Crippen LogP contribution in [-0.2, 0) is 21.6 Å². The van der Waals surface area contributed by atoms with Gasteiger partial charge in [-0.1, -0.05) is 6.07 Å². The Bertz CT molecular complexity index is 1170. The SMILES string of the molecule is Cc1cc(C(=O)CN2C(=O)N[C@](C)(c3ccc4c(c3)OCCO4)C2=O)c(C)n1C[C@H]1CCCO1. The van der Waals surface area contributed by atoms with Crippen molar-refractivity contribution in [2.24, 2.45) is 0 Å². The van der Waals surface area contributed by atoms with Crippen LogP contribution in [-0.4, -0.2) is 59.7 Å². The minimum Gasteiger partial charge on any atom is -0.486 e. The Morgan fingerprint density at radius 3 is 2.62 bits per heavy atom. The molecular weight excluding hydrogens is 438 g/mol. The highest BCUT2D eigenvalue weighted by atomic mass is 16.6. The molecule has 2 fully saturated rings. The van der Waals surface area contributed by atoms with Gasteiger partial charge in [0.2, 0.25) is 0 Å². The van der Waals surface area contributed by atoms with E-state index in [0.717, 1.165) is 35.7 Å². The predicted octanol–water partition coefficient (Wildman–Crippen LogP) is 2.71. The van der Waals surface area contributed by atoms with E-state index in [9.17, 15) is 14.4 Å². The third-order valence-corrected chi connectivity index (χ3v) is 6.98. The van der Waals surface area contributed by atoms with Crippen LogP contribution in [0.25, 0.3) is 0 Å². The van der Waals surface area contributed by atoms with Gasteiger partial charge in [-0.2, -0.15) is 0 Å². The average Bonchev–Trinajstić information content (AvgIpc) is 3.50. The smallest absolute Gasteiger partial charge is 0.325 e. The third-order valence-electron chi connectivity index (χ3n) is 6.98. The largest absolute Gasteiger partial charge is 0.486 e. The summed E-state index contributed by atoms with van der Waals surface area (Å²) in [5, 5.41) is 2.76. The van der Waals surface area contributed by atoms with Crippen LogP contribution < -0.4 is 14.8 Å². The number of aromatic nitrogens is 1. The number of hydrogen-bond acceptors (Lipinski definition) is 6. The van der Waals surface area contributed by atoms with E-state index in [1.54, 1.807) is 25.1 Å². The first-order valence-corrected chi connectivity index (χ1v) is 11.6. The molecule has 0 saturated carbocycles. The zero-order valence-electron chi connectivity index (χ0n) is 19.7. The number of rotatable bonds is 6. The zero-order valence-corrected chi connectivity index (χ0v) is 19.7. The number of amides is 3. The number of hydrogen-bond donors (Lipinski definition) is 1. The molecule has 180 valence electrons. The number of ketones is 1. The summed E-state index contributed by atoms with van der Waals surface area (Å²) in [6.07, 6.45) is 2.19. The standard InChI is InChI=1S/C25H29N3O6/c1-15-11-19(16(2)27(15)13-18-5-4-8-32-18)20(29)14-28-23(30)25(3,26-24(28)31)17-6-7-21-22(12-17)34-10-9-33-21/h6-7,11-12,18H,4-5,8-10,13-14H2,1-3H3,(H,26,31)/t18-,25-/m1/s1. The molecule has 9 nitrogen and oxygen atoms in total. The van der Waals surface area contributed by atoms with Gasteiger partial charge in [-0.25, -0.2) is 4.79 Å². The molecule has 3 amide bonds. The number of carbonyl (C=O) groups excluding carboxylic acids is 3. The van der Waals surface area contributed by atoms with E-state index in [2.05, 4.69) is 9.88 Å². The third kappa shape index (κ3) is 3.73. The fourth-order valence-corrected chi connectivity index (χ4v) is 4.98. The Morgan fingerprint density at radius 2 is 1.88 bits per heavy atom. The molecule has 2 saturated heterocycles. The van der Waals surface area contributed by atoms with Crippen molar-refractivity contribution in [2.45, 2.75) is 51.8 Å². The van der Waals surface area contributed by atoms with Crippen molar-refractivity contribution >= 4 is 17.7 Å². The molecule has 1 N–H and O–H groups in total. The summed E-state index contributed by atoms with van der Waals surface area (Å²) in [6, 6.07) is 6.40. The molecule has 0 spiro atoms. The minimum atomic E-state index is -1.30. The van der Waals surface area contributed by atoms with Crippen LogP contribution in [0.5, 0.6) is 11.5 Å². The maximum Gasteiger partial charge on any atom is 0.325 e. The van der Waals surface area contributed by atoms with Gasteiger partial charge in [0.25, 0.3) is 5.91 Å². The first kappa shape index (κ1) is 22.5. The van der Waals surface area contributed by atoms with E-state index >= 15 is 0 Å². The fourth-order valence-electron chi connectivity index (χ4n) is 4.98. The van der Waals surface area contributed by atoms with Crippen LogP contribution >= 0.6 is 0 Å². The lowest BCUT2D eigenvalue weighted by Crippen LogP contribution is -2.41. The Labute approximate surface area is 197 Å². The van der Waals surface area contributed by atoms with Gasteiger partial charge in [0.05, 0.1) is 12.6 Å². The van der Waals surface area contributed by atoms with Crippen molar-refractivity contribution in [3.63, 3.8) is 0 Å². The summed E-state index contributed by atoms with van der Waals surface area (Å²) in [4.78, 5) is 40.3. The second kappa shape index (κ2) is 8.47. The molecule has 3 aliphatic rings. The molecule has 5 rings (SSSR count). The molecule has 4 heterocycles. The maximum absolute atomic E-state index is 13.4. The number of aryl methyl sites for hydroxylation is 1. The number of benzene rings is 1. The van der Waals surface area contributed by atoms with Crippen LogP contribution in [0.1, 0.15) is 47.1 Å². The summed E-state index contributed by atoms with van der Waals surface area (Å²) in [7, 11) is 0. The van der Waals surface area contributed by atoms with Gasteiger partial charge in [-0.05, 0) is 57.4 Å². The lowest BCUT2D eigenvalue weighted by Gasteiger charge is -2.25. The summed E-state index contributed by atoms with van der Waals surface area (Å²) in [5.41, 5.74) is 1.56. The van der Waals surface area contributed by atoms with Gasteiger partial charge >= 0.3 is 6.03 Å². The van der Waals surface area contributed by atoms with Crippen LogP contribution in [0.15, 0.2) is 24.3 Å². The van der Waals surface area contributed by atoms with Crippen molar-refractivity contribution in [3.8, 4) is 11.5 Å². The predicted molar refractivity (Wildman–Crippen MR) is 122 cm³/mol. The average molecular weight is 468 g/mol. The first-order chi connectivity index (χ1) is 16.3. The molecule has 0 bridgehead atoms. The fraction of sp³-hybridized carbons (Fsp3) is 0.480. The molecule has 1 aromatic carbocycles. The first-order valence-electron chi connectivity index (χ1n) is 11.6. The number of ether oxygens (including phenoxy) is 3. The number of nitrogens with one attached hydrogen (secondary N) is 1. The summed E-state index contributed by atoms with van der Waals surface area (Å²) >= 11 is 0. The monoisotopic (exact) mass is 467 g/mol. The van der Waals surface area contributed by atoms with E-state index in [-0.39, 0.29) is 18.4 Å². The van der Waals surface area contributed by atoms with Gasteiger partial charge in [0.1, 0.15) is 18.8 Å². The molecule has 0 aliphatic carbocycles. The van der Waals surface area contributed by atoms with Crippen LogP contribution in [0.2, 0.25) is 0 Å². The quantitative estimate of drug-likeness (QED) is 0.518. The molecule has 9 heteroatoms. The summed E-state index contributed by atoms with van der Waals surface area (Å²) in [6.45, 7) is 7.49. The van der Waals surface area contributed by atoms with E-state index in [1.165, 1.54) is 0 Å². The van der Waals surface area contributed by atoms with Crippen LogP contribution in [0.3, 0.4) is 0 Å². The highest BCUT2D eigenvalue weighted by Gasteiger charge is 2.50. The number of nitrogens with zero attached hydrogens (tertiary/aromatic N) is 2. The van der Waals surface area contributed by atoms with Crippen molar-refractivity contribution in [2.75, 3.05) is 26.4 Å². The van der Waals surface area contributed by atoms with Gasteiger partial charge in [0, 0.05) is 30.1 Å². The van der Waals surface area contributed by atoms with Crippen molar-refractivity contribution < 1.29 is 28.6 Å². The number of Topliss-reactive ketones (excluding diaryl/α,β-unsaturated/α-hetero) is 1. The zero-order chi connectivity index (χ0) is 24.0. The molecule has 3 aliphatic heterocycles. The molecule has 1 aromatic heterocycles. The normalized spacial score (nSPS) is 24.0. The second-order valence-electron chi connectivity index (χ2n) is 9.26.